The number of nitro benzene ring substituents is 1. The van der Waals surface area contributed by atoms with Crippen LogP contribution in [0.4, 0.5) is 18.9 Å². The van der Waals surface area contributed by atoms with Gasteiger partial charge in [0.2, 0.25) is 0 Å². The van der Waals surface area contributed by atoms with Gasteiger partial charge in [-0.2, -0.15) is 13.2 Å². The standard InChI is InChI=1S/C15H15F3N2O2.2C2H6/c16-15(17,18)12-7-11(8-14(9-12)20(21)22)10-3-5-19(6-4-10)13-1-2-13;2*1-2/h3,7-9,13H,1-2,4-6H2;2*1-2H3. The van der Waals surface area contributed by atoms with Crippen molar-refractivity contribution in [3.05, 3.63) is 45.5 Å². The van der Waals surface area contributed by atoms with Gasteiger partial charge in [-0.15, -0.1) is 0 Å². The summed E-state index contributed by atoms with van der Waals surface area (Å²) in [6.07, 6.45) is 0.280. The molecule has 0 unspecified atom stereocenters. The quantitative estimate of drug-likeness (QED) is 0.489. The van der Waals surface area contributed by atoms with Gasteiger partial charge in [-0.25, -0.2) is 0 Å². The third kappa shape index (κ3) is 5.83. The molecule has 0 amide bonds. The molecular formula is C19H27F3N2O2. The highest BCUT2D eigenvalue weighted by Crippen LogP contribution is 2.36. The van der Waals surface area contributed by atoms with Gasteiger partial charge in [-0.1, -0.05) is 33.8 Å². The average molecular weight is 372 g/mol. The molecule has 1 fully saturated rings. The van der Waals surface area contributed by atoms with E-state index in [2.05, 4.69) is 4.90 Å². The molecule has 0 aromatic heterocycles. The summed E-state index contributed by atoms with van der Waals surface area (Å²) >= 11 is 0. The number of benzene rings is 1. The van der Waals surface area contributed by atoms with Gasteiger partial charge in [-0.05, 0) is 36.5 Å². The largest absolute Gasteiger partial charge is 0.416 e. The van der Waals surface area contributed by atoms with Crippen LogP contribution in [0, 0.1) is 10.1 Å². The lowest BCUT2D eigenvalue weighted by Crippen LogP contribution is -2.30. The molecule has 3 rings (SSSR count). The van der Waals surface area contributed by atoms with Crippen molar-refractivity contribution in [1.29, 1.82) is 0 Å². The fraction of sp³-hybridized carbons (Fsp3) is 0.579. The molecule has 1 aliphatic heterocycles. The van der Waals surface area contributed by atoms with Crippen LogP contribution in [0.3, 0.4) is 0 Å². The Kier molecular flexibility index (Phi) is 8.27. The number of hydrogen-bond acceptors (Lipinski definition) is 3. The Labute approximate surface area is 152 Å². The Morgan fingerprint density at radius 3 is 2.15 bits per heavy atom. The molecule has 146 valence electrons. The predicted octanol–water partition coefficient (Wildman–Crippen LogP) is 5.92. The van der Waals surface area contributed by atoms with Crippen LogP contribution in [0.2, 0.25) is 0 Å². The maximum Gasteiger partial charge on any atom is 0.416 e. The van der Waals surface area contributed by atoms with Crippen LogP contribution in [-0.4, -0.2) is 29.0 Å². The van der Waals surface area contributed by atoms with E-state index in [4.69, 9.17) is 0 Å². The highest BCUT2D eigenvalue weighted by Gasteiger charge is 2.34. The van der Waals surface area contributed by atoms with Crippen LogP contribution in [0.25, 0.3) is 5.57 Å². The van der Waals surface area contributed by atoms with Gasteiger partial charge in [0, 0.05) is 31.3 Å². The Morgan fingerprint density at radius 1 is 1.12 bits per heavy atom. The summed E-state index contributed by atoms with van der Waals surface area (Å²) in [6, 6.07) is 3.43. The number of nitro groups is 1. The molecule has 0 bridgehead atoms. The normalized spacial score (nSPS) is 17.3. The van der Waals surface area contributed by atoms with Crippen LogP contribution in [-0.2, 0) is 6.18 Å². The zero-order chi connectivity index (χ0) is 19.9. The minimum atomic E-state index is -4.59. The SMILES string of the molecule is CC.CC.O=[N+]([O-])c1cc(C2=CCN(C3CC3)CC2)cc(C(F)(F)F)c1. The Bertz CT molecular complexity index is 638. The van der Waals surface area contributed by atoms with Gasteiger partial charge in [0.15, 0.2) is 0 Å². The van der Waals surface area contributed by atoms with Gasteiger partial charge in [0.25, 0.3) is 5.69 Å². The summed E-state index contributed by atoms with van der Waals surface area (Å²) in [5.74, 6) is 0. The highest BCUT2D eigenvalue weighted by molar-refractivity contribution is 5.69. The average Bonchev–Trinajstić information content (AvgIpc) is 3.49. The molecule has 1 heterocycles. The molecule has 7 heteroatoms. The predicted molar refractivity (Wildman–Crippen MR) is 98.0 cm³/mol. The lowest BCUT2D eigenvalue weighted by Gasteiger charge is -2.26. The molecule has 0 atom stereocenters. The molecule has 2 aliphatic rings. The van der Waals surface area contributed by atoms with Crippen LogP contribution < -0.4 is 0 Å². The van der Waals surface area contributed by atoms with E-state index in [-0.39, 0.29) is 0 Å². The van der Waals surface area contributed by atoms with E-state index in [9.17, 15) is 23.3 Å². The van der Waals surface area contributed by atoms with E-state index in [0.29, 0.717) is 30.6 Å². The van der Waals surface area contributed by atoms with E-state index >= 15 is 0 Å². The molecule has 0 spiro atoms. The van der Waals surface area contributed by atoms with Crippen LogP contribution >= 0.6 is 0 Å². The van der Waals surface area contributed by atoms with Gasteiger partial charge < -0.3 is 0 Å². The summed E-state index contributed by atoms with van der Waals surface area (Å²) in [6.45, 7) is 9.49. The minimum Gasteiger partial charge on any atom is -0.296 e. The molecule has 0 saturated heterocycles. The van der Waals surface area contributed by atoms with Crippen LogP contribution in [0.1, 0.15) is 58.1 Å². The third-order valence-electron chi connectivity index (χ3n) is 4.13. The van der Waals surface area contributed by atoms with Gasteiger partial charge in [0.1, 0.15) is 0 Å². The maximum atomic E-state index is 12.9. The molecule has 4 nitrogen and oxygen atoms in total. The van der Waals surface area contributed by atoms with Crippen molar-refractivity contribution >= 4 is 11.3 Å². The number of nitrogens with zero attached hydrogens (tertiary/aromatic N) is 2. The number of halogens is 3. The summed E-state index contributed by atoms with van der Waals surface area (Å²) in [7, 11) is 0. The van der Waals surface area contributed by atoms with E-state index < -0.39 is 22.4 Å². The fourth-order valence-corrected chi connectivity index (χ4v) is 2.78. The van der Waals surface area contributed by atoms with E-state index in [1.54, 1.807) is 0 Å². The van der Waals surface area contributed by atoms with E-state index in [0.717, 1.165) is 18.2 Å². The van der Waals surface area contributed by atoms with Crippen molar-refractivity contribution in [2.24, 2.45) is 0 Å². The lowest BCUT2D eigenvalue weighted by molar-refractivity contribution is -0.385. The number of hydrogen-bond donors (Lipinski definition) is 0. The van der Waals surface area contributed by atoms with Crippen molar-refractivity contribution in [1.82, 2.24) is 4.90 Å². The van der Waals surface area contributed by atoms with Crippen molar-refractivity contribution in [3.8, 4) is 0 Å². The second-order valence-electron chi connectivity index (χ2n) is 5.73. The van der Waals surface area contributed by atoms with Gasteiger partial charge >= 0.3 is 6.18 Å². The highest BCUT2D eigenvalue weighted by atomic mass is 19.4. The summed E-state index contributed by atoms with van der Waals surface area (Å²) in [5.41, 5.74) is -0.430. The fourth-order valence-electron chi connectivity index (χ4n) is 2.78. The van der Waals surface area contributed by atoms with Crippen molar-refractivity contribution in [3.63, 3.8) is 0 Å². The zero-order valence-electron chi connectivity index (χ0n) is 15.8. The number of rotatable bonds is 3. The van der Waals surface area contributed by atoms with Crippen LogP contribution in [0.15, 0.2) is 24.3 Å². The Hall–Kier alpha value is -1.89. The topological polar surface area (TPSA) is 46.4 Å². The van der Waals surface area contributed by atoms with Gasteiger partial charge in [0.05, 0.1) is 10.5 Å². The number of alkyl halides is 3. The first-order valence-electron chi connectivity index (χ1n) is 9.15. The summed E-state index contributed by atoms with van der Waals surface area (Å²) in [4.78, 5) is 12.4. The minimum absolute atomic E-state index is 0.303. The first-order valence-corrected chi connectivity index (χ1v) is 9.15. The monoisotopic (exact) mass is 372 g/mol. The smallest absolute Gasteiger partial charge is 0.296 e. The molecule has 1 aromatic rings. The zero-order valence-corrected chi connectivity index (χ0v) is 15.8. The van der Waals surface area contributed by atoms with Gasteiger partial charge in [-0.3, -0.25) is 15.0 Å². The molecule has 1 saturated carbocycles. The summed E-state index contributed by atoms with van der Waals surface area (Å²) < 4.78 is 38.7. The molecular weight excluding hydrogens is 345 g/mol. The molecule has 1 aromatic carbocycles. The van der Waals surface area contributed by atoms with Crippen molar-refractivity contribution in [2.75, 3.05) is 13.1 Å². The second kappa shape index (κ2) is 9.71. The van der Waals surface area contributed by atoms with Crippen LogP contribution in [0.5, 0.6) is 0 Å². The molecule has 26 heavy (non-hydrogen) atoms. The lowest BCUT2D eigenvalue weighted by atomic mass is 9.96. The maximum absolute atomic E-state index is 12.9. The Morgan fingerprint density at radius 2 is 1.73 bits per heavy atom. The Balaban J connectivity index is 0.000000791. The molecule has 0 radical (unpaired) electrons. The van der Waals surface area contributed by atoms with Crippen molar-refractivity contribution in [2.45, 2.75) is 59.2 Å². The second-order valence-corrected chi connectivity index (χ2v) is 5.73. The van der Waals surface area contributed by atoms with Crippen molar-refractivity contribution < 1.29 is 18.1 Å². The first kappa shape index (κ1) is 22.2. The first-order chi connectivity index (χ1) is 12.3. The third-order valence-corrected chi connectivity index (χ3v) is 4.13. The number of non-ortho nitro benzene ring substituents is 1. The molecule has 1 aliphatic carbocycles. The van der Waals surface area contributed by atoms with E-state index in [1.165, 1.54) is 18.9 Å². The summed E-state index contributed by atoms with van der Waals surface area (Å²) in [5, 5.41) is 10.9. The molecule has 0 N–H and O–H groups in total. The van der Waals surface area contributed by atoms with E-state index in [1.807, 2.05) is 33.8 Å².